The summed E-state index contributed by atoms with van der Waals surface area (Å²) in [7, 11) is 0. The summed E-state index contributed by atoms with van der Waals surface area (Å²) < 4.78 is 39.6. The smallest absolute Gasteiger partial charge is 0.385 e. The minimum Gasteiger partial charge on any atom is -0.385 e. The monoisotopic (exact) mass is 519 g/mol. The SMILES string of the molecule is C[C@]12CC(c3ccc(-c4cccnc4)cc3)C3=C4CCC(=O)C=C4CCC3C1CC[C@@]2(O)/C=C/C(F)(F)F. The van der Waals surface area contributed by atoms with Crippen molar-refractivity contribution in [3.05, 3.63) is 89.3 Å². The van der Waals surface area contributed by atoms with Crippen LogP contribution >= 0.6 is 0 Å². The number of halogens is 3. The maximum atomic E-state index is 13.2. The molecule has 4 aliphatic rings. The van der Waals surface area contributed by atoms with E-state index in [-0.39, 0.29) is 29.6 Å². The van der Waals surface area contributed by atoms with Gasteiger partial charge in [0.2, 0.25) is 0 Å². The summed E-state index contributed by atoms with van der Waals surface area (Å²) >= 11 is 0. The van der Waals surface area contributed by atoms with E-state index in [1.54, 1.807) is 6.20 Å². The summed E-state index contributed by atoms with van der Waals surface area (Å²) in [5, 5.41) is 11.8. The van der Waals surface area contributed by atoms with Gasteiger partial charge in [0.05, 0.1) is 5.60 Å². The number of hydrogen-bond donors (Lipinski definition) is 1. The van der Waals surface area contributed by atoms with Crippen LogP contribution in [0.2, 0.25) is 0 Å². The van der Waals surface area contributed by atoms with Crippen molar-refractivity contribution < 1.29 is 23.1 Å². The molecule has 0 saturated heterocycles. The fraction of sp³-hybridized carbons (Fsp3) is 0.438. The summed E-state index contributed by atoms with van der Waals surface area (Å²) in [6, 6.07) is 12.3. The molecule has 3 unspecified atom stereocenters. The van der Waals surface area contributed by atoms with Crippen LogP contribution in [0.4, 0.5) is 13.2 Å². The highest BCUT2D eigenvalue weighted by molar-refractivity contribution is 5.93. The number of alkyl halides is 3. The molecule has 1 aromatic heterocycles. The van der Waals surface area contributed by atoms with E-state index in [9.17, 15) is 23.1 Å². The van der Waals surface area contributed by atoms with Gasteiger partial charge in [-0.05, 0) is 96.4 Å². The topological polar surface area (TPSA) is 50.2 Å². The highest BCUT2D eigenvalue weighted by atomic mass is 19.4. The van der Waals surface area contributed by atoms with Crippen molar-refractivity contribution in [1.82, 2.24) is 4.98 Å². The third kappa shape index (κ3) is 4.17. The molecule has 1 aromatic carbocycles. The molecule has 0 amide bonds. The molecule has 6 rings (SSSR count). The lowest BCUT2D eigenvalue weighted by molar-refractivity contribution is -0.114. The maximum absolute atomic E-state index is 13.2. The number of carbonyl (C=O) groups is 1. The molecule has 2 aromatic rings. The summed E-state index contributed by atoms with van der Waals surface area (Å²) in [5.41, 5.74) is 4.74. The van der Waals surface area contributed by atoms with Crippen molar-refractivity contribution >= 4 is 5.78 Å². The molecular formula is C32H32F3NO2. The maximum Gasteiger partial charge on any atom is 0.409 e. The highest BCUT2D eigenvalue weighted by Gasteiger charge is 2.62. The number of hydrogen-bond acceptors (Lipinski definition) is 3. The summed E-state index contributed by atoms with van der Waals surface area (Å²) in [5.74, 6) is 0.428. The quantitative estimate of drug-likeness (QED) is 0.427. The lowest BCUT2D eigenvalue weighted by Gasteiger charge is -2.54. The number of aromatic nitrogens is 1. The van der Waals surface area contributed by atoms with Crippen molar-refractivity contribution in [1.29, 1.82) is 0 Å². The fourth-order valence-corrected chi connectivity index (χ4v) is 7.95. The summed E-state index contributed by atoms with van der Waals surface area (Å²) in [6.45, 7) is 2.00. The molecule has 1 N–H and O–H groups in total. The number of nitrogens with zero attached hydrogens (tertiary/aromatic N) is 1. The van der Waals surface area contributed by atoms with Crippen molar-refractivity contribution in [2.75, 3.05) is 0 Å². The largest absolute Gasteiger partial charge is 0.409 e. The minimum absolute atomic E-state index is 0.0278. The van der Waals surface area contributed by atoms with Crippen LogP contribution in [0.15, 0.2) is 83.7 Å². The Morgan fingerprint density at radius 3 is 2.55 bits per heavy atom. The standard InChI is InChI=1S/C32H32F3NO2/c1-30-18-27(21-6-4-20(5-7-21)23-3-2-16-36-19-23)29-25-11-9-24(37)17-22(25)8-10-26(29)28(30)12-13-31(30,38)14-15-32(33,34)35/h2-7,14-17,19,26-28,38H,8-13,18H2,1H3/b15-14+/t26?,27?,28?,30-,31+/m0/s1. The average molecular weight is 520 g/mol. The molecule has 198 valence electrons. The van der Waals surface area contributed by atoms with Gasteiger partial charge in [0.15, 0.2) is 5.78 Å². The molecule has 0 spiro atoms. The average Bonchev–Trinajstić information content (AvgIpc) is 3.17. The molecule has 0 radical (unpaired) electrons. The molecule has 38 heavy (non-hydrogen) atoms. The number of allylic oxidation sites excluding steroid dienone is 5. The van der Waals surface area contributed by atoms with E-state index in [1.165, 1.54) is 11.1 Å². The fourth-order valence-electron chi connectivity index (χ4n) is 7.95. The zero-order chi connectivity index (χ0) is 26.7. The Bertz CT molecular complexity index is 1340. The zero-order valence-corrected chi connectivity index (χ0v) is 21.5. The summed E-state index contributed by atoms with van der Waals surface area (Å²) in [6.07, 6.45) is 6.66. The Hall–Kier alpha value is -2.99. The lowest BCUT2D eigenvalue weighted by atomic mass is 9.51. The number of carbonyl (C=O) groups excluding carboxylic acids is 1. The molecule has 0 bridgehead atoms. The van der Waals surface area contributed by atoms with E-state index in [2.05, 4.69) is 29.2 Å². The van der Waals surface area contributed by atoms with Crippen LogP contribution in [0, 0.1) is 17.3 Å². The van der Waals surface area contributed by atoms with Crippen LogP contribution in [0.1, 0.15) is 63.4 Å². The predicted octanol–water partition coefficient (Wildman–Crippen LogP) is 7.50. The Balaban J connectivity index is 1.46. The molecule has 4 aliphatic carbocycles. The van der Waals surface area contributed by atoms with E-state index in [0.717, 1.165) is 47.6 Å². The van der Waals surface area contributed by atoms with E-state index in [1.807, 2.05) is 31.3 Å². The van der Waals surface area contributed by atoms with E-state index in [0.29, 0.717) is 25.7 Å². The molecule has 2 saturated carbocycles. The Kier molecular flexibility index (Phi) is 6.02. The predicted molar refractivity (Wildman–Crippen MR) is 140 cm³/mol. The van der Waals surface area contributed by atoms with Crippen molar-refractivity contribution in [3.63, 3.8) is 0 Å². The summed E-state index contributed by atoms with van der Waals surface area (Å²) in [4.78, 5) is 16.5. The van der Waals surface area contributed by atoms with E-state index < -0.39 is 17.2 Å². The third-order valence-electron chi connectivity index (χ3n) is 9.81. The van der Waals surface area contributed by atoms with Crippen LogP contribution in [-0.2, 0) is 4.79 Å². The third-order valence-corrected chi connectivity index (χ3v) is 9.81. The first kappa shape index (κ1) is 25.3. The van der Waals surface area contributed by atoms with Crippen LogP contribution in [0.5, 0.6) is 0 Å². The van der Waals surface area contributed by atoms with Crippen LogP contribution in [-0.4, -0.2) is 27.7 Å². The van der Waals surface area contributed by atoms with Gasteiger partial charge in [0, 0.05) is 36.2 Å². The lowest BCUT2D eigenvalue weighted by Crippen LogP contribution is -2.50. The Labute approximate surface area is 221 Å². The molecule has 0 aliphatic heterocycles. The second-order valence-corrected chi connectivity index (χ2v) is 11.7. The first-order valence-corrected chi connectivity index (χ1v) is 13.5. The number of rotatable bonds is 3. The van der Waals surface area contributed by atoms with Gasteiger partial charge in [-0.25, -0.2) is 0 Å². The van der Waals surface area contributed by atoms with E-state index >= 15 is 0 Å². The molecule has 1 heterocycles. The van der Waals surface area contributed by atoms with Crippen LogP contribution in [0.3, 0.4) is 0 Å². The van der Waals surface area contributed by atoms with Crippen LogP contribution < -0.4 is 0 Å². The molecule has 6 heteroatoms. The number of benzene rings is 1. The number of aliphatic hydroxyl groups is 1. The van der Waals surface area contributed by atoms with Crippen molar-refractivity contribution in [2.24, 2.45) is 17.3 Å². The van der Waals surface area contributed by atoms with Gasteiger partial charge in [0.1, 0.15) is 0 Å². The molecular weight excluding hydrogens is 487 g/mol. The van der Waals surface area contributed by atoms with E-state index in [4.69, 9.17) is 0 Å². The number of ketones is 1. The van der Waals surface area contributed by atoms with Crippen LogP contribution in [0.25, 0.3) is 11.1 Å². The minimum atomic E-state index is -4.47. The number of fused-ring (bicyclic) bond motifs is 4. The van der Waals surface area contributed by atoms with Crippen molar-refractivity contribution in [3.8, 4) is 11.1 Å². The van der Waals surface area contributed by atoms with Gasteiger partial charge in [-0.3, -0.25) is 9.78 Å². The first-order chi connectivity index (χ1) is 18.1. The van der Waals surface area contributed by atoms with Gasteiger partial charge in [-0.1, -0.05) is 42.8 Å². The Morgan fingerprint density at radius 2 is 1.84 bits per heavy atom. The molecule has 3 nitrogen and oxygen atoms in total. The van der Waals surface area contributed by atoms with Crippen molar-refractivity contribution in [2.45, 2.75) is 69.6 Å². The Morgan fingerprint density at radius 1 is 1.05 bits per heavy atom. The zero-order valence-electron chi connectivity index (χ0n) is 21.5. The van der Waals surface area contributed by atoms with Gasteiger partial charge in [-0.15, -0.1) is 0 Å². The van der Waals surface area contributed by atoms with Gasteiger partial charge >= 0.3 is 6.18 Å². The second kappa shape index (κ2) is 9.04. The second-order valence-electron chi connectivity index (χ2n) is 11.7. The van der Waals surface area contributed by atoms with Gasteiger partial charge in [-0.2, -0.15) is 13.2 Å². The highest BCUT2D eigenvalue weighted by Crippen LogP contribution is 2.67. The first-order valence-electron chi connectivity index (χ1n) is 13.5. The normalized spacial score (nSPS) is 33.1. The number of pyridine rings is 1. The molecule has 5 atom stereocenters. The molecule has 2 fully saturated rings. The van der Waals surface area contributed by atoms with Gasteiger partial charge in [0.25, 0.3) is 0 Å². The van der Waals surface area contributed by atoms with Gasteiger partial charge < -0.3 is 5.11 Å².